The van der Waals surface area contributed by atoms with Crippen molar-refractivity contribution in [2.24, 2.45) is 0 Å². The Kier molecular flexibility index (Phi) is 3.83. The SMILES string of the molecule is Cc1cc(F)ccc1S(=O)(=O)Nc1cc(-c2cccnc2)on1. The van der Waals surface area contributed by atoms with Crippen LogP contribution in [0.15, 0.2) is 58.2 Å². The Bertz CT molecular complexity index is 940. The predicted molar refractivity (Wildman–Crippen MR) is 81.7 cm³/mol. The van der Waals surface area contributed by atoms with Crippen LogP contribution in [0.5, 0.6) is 0 Å². The maximum Gasteiger partial charge on any atom is 0.263 e. The number of hydrogen-bond acceptors (Lipinski definition) is 5. The van der Waals surface area contributed by atoms with E-state index in [1.807, 2.05) is 0 Å². The second kappa shape index (κ2) is 5.81. The van der Waals surface area contributed by atoms with Crippen LogP contribution < -0.4 is 4.72 Å². The Morgan fingerprint density at radius 3 is 2.74 bits per heavy atom. The molecule has 0 aliphatic heterocycles. The molecule has 2 heterocycles. The molecule has 0 spiro atoms. The summed E-state index contributed by atoms with van der Waals surface area (Å²) < 4.78 is 45.2. The Morgan fingerprint density at radius 1 is 1.22 bits per heavy atom. The molecule has 118 valence electrons. The lowest BCUT2D eigenvalue weighted by Gasteiger charge is -2.07. The highest BCUT2D eigenvalue weighted by atomic mass is 32.2. The molecule has 3 aromatic rings. The lowest BCUT2D eigenvalue weighted by Crippen LogP contribution is -2.14. The topological polar surface area (TPSA) is 85.1 Å². The third-order valence-corrected chi connectivity index (χ3v) is 4.64. The summed E-state index contributed by atoms with van der Waals surface area (Å²) in [5, 5.41) is 3.68. The summed E-state index contributed by atoms with van der Waals surface area (Å²) in [6.07, 6.45) is 3.18. The van der Waals surface area contributed by atoms with Crippen molar-refractivity contribution in [3.8, 4) is 11.3 Å². The van der Waals surface area contributed by atoms with E-state index in [2.05, 4.69) is 14.9 Å². The third kappa shape index (κ3) is 3.21. The van der Waals surface area contributed by atoms with Crippen molar-refractivity contribution in [1.29, 1.82) is 0 Å². The quantitative estimate of drug-likeness (QED) is 0.793. The number of pyridine rings is 1. The lowest BCUT2D eigenvalue weighted by atomic mass is 10.2. The van der Waals surface area contributed by atoms with E-state index in [1.54, 1.807) is 24.5 Å². The zero-order valence-electron chi connectivity index (χ0n) is 12.0. The second-order valence-corrected chi connectivity index (χ2v) is 6.48. The molecule has 0 aliphatic carbocycles. The first kappa shape index (κ1) is 15.2. The van der Waals surface area contributed by atoms with Crippen LogP contribution in [0.1, 0.15) is 5.56 Å². The number of aromatic nitrogens is 2. The molecule has 0 atom stereocenters. The average molecular weight is 333 g/mol. The molecule has 1 aromatic carbocycles. The molecule has 0 saturated heterocycles. The fourth-order valence-corrected chi connectivity index (χ4v) is 3.29. The number of sulfonamides is 1. The van der Waals surface area contributed by atoms with Crippen LogP contribution >= 0.6 is 0 Å². The van der Waals surface area contributed by atoms with E-state index in [4.69, 9.17) is 4.52 Å². The van der Waals surface area contributed by atoms with E-state index in [1.165, 1.54) is 19.1 Å². The maximum absolute atomic E-state index is 13.1. The van der Waals surface area contributed by atoms with Crippen molar-refractivity contribution in [2.45, 2.75) is 11.8 Å². The van der Waals surface area contributed by atoms with E-state index in [-0.39, 0.29) is 10.7 Å². The van der Waals surface area contributed by atoms with Gasteiger partial charge in [-0.2, -0.15) is 0 Å². The van der Waals surface area contributed by atoms with Gasteiger partial charge in [-0.3, -0.25) is 9.71 Å². The summed E-state index contributed by atoms with van der Waals surface area (Å²) in [5.41, 5.74) is 0.969. The Hall–Kier alpha value is -2.74. The number of halogens is 1. The molecule has 0 saturated carbocycles. The zero-order chi connectivity index (χ0) is 16.4. The Labute approximate surface area is 132 Å². The van der Waals surface area contributed by atoms with Crippen molar-refractivity contribution in [2.75, 3.05) is 4.72 Å². The minimum Gasteiger partial charge on any atom is -0.354 e. The normalized spacial score (nSPS) is 11.4. The third-order valence-electron chi connectivity index (χ3n) is 3.12. The van der Waals surface area contributed by atoms with Gasteiger partial charge >= 0.3 is 0 Å². The molecule has 8 heteroatoms. The largest absolute Gasteiger partial charge is 0.354 e. The van der Waals surface area contributed by atoms with Crippen molar-refractivity contribution in [3.05, 3.63) is 60.2 Å². The van der Waals surface area contributed by atoms with Crippen molar-refractivity contribution >= 4 is 15.8 Å². The molecule has 0 fully saturated rings. The number of anilines is 1. The number of benzene rings is 1. The number of hydrogen-bond donors (Lipinski definition) is 1. The molecular formula is C15H12FN3O3S. The van der Waals surface area contributed by atoms with Gasteiger partial charge in [-0.25, -0.2) is 12.8 Å². The van der Waals surface area contributed by atoms with Gasteiger partial charge in [-0.1, -0.05) is 5.16 Å². The summed E-state index contributed by atoms with van der Waals surface area (Å²) in [5.74, 6) is -0.0824. The van der Waals surface area contributed by atoms with Crippen LogP contribution in [-0.4, -0.2) is 18.6 Å². The minimum atomic E-state index is -3.88. The average Bonchev–Trinajstić information content (AvgIpc) is 2.95. The van der Waals surface area contributed by atoms with Gasteiger partial charge in [0, 0.05) is 24.0 Å². The summed E-state index contributed by atoms with van der Waals surface area (Å²) in [7, 11) is -3.88. The van der Waals surface area contributed by atoms with Gasteiger partial charge in [0.15, 0.2) is 11.6 Å². The number of aryl methyl sites for hydroxylation is 1. The summed E-state index contributed by atoms with van der Waals surface area (Å²) in [4.78, 5) is 3.93. The van der Waals surface area contributed by atoms with Crippen LogP contribution in [0, 0.1) is 12.7 Å². The van der Waals surface area contributed by atoms with Crippen molar-refractivity contribution < 1.29 is 17.3 Å². The number of nitrogens with zero attached hydrogens (tertiary/aromatic N) is 2. The molecule has 6 nitrogen and oxygen atoms in total. The molecule has 2 aromatic heterocycles. The molecular weight excluding hydrogens is 321 g/mol. The lowest BCUT2D eigenvalue weighted by molar-refractivity contribution is 0.435. The Morgan fingerprint density at radius 2 is 2.04 bits per heavy atom. The molecule has 0 radical (unpaired) electrons. The molecule has 3 rings (SSSR count). The van der Waals surface area contributed by atoms with Gasteiger partial charge in [0.05, 0.1) is 4.90 Å². The van der Waals surface area contributed by atoms with Crippen LogP contribution in [0.3, 0.4) is 0 Å². The second-order valence-electron chi connectivity index (χ2n) is 4.83. The van der Waals surface area contributed by atoms with Gasteiger partial charge in [0.2, 0.25) is 0 Å². The summed E-state index contributed by atoms with van der Waals surface area (Å²) in [6, 6.07) is 8.38. The number of rotatable bonds is 4. The molecule has 0 amide bonds. The van der Waals surface area contributed by atoms with Crippen LogP contribution in [0.2, 0.25) is 0 Å². The van der Waals surface area contributed by atoms with Crippen LogP contribution in [-0.2, 0) is 10.0 Å². The maximum atomic E-state index is 13.1. The monoisotopic (exact) mass is 333 g/mol. The van der Waals surface area contributed by atoms with Gasteiger partial charge in [0.25, 0.3) is 10.0 Å². The molecule has 0 unspecified atom stereocenters. The first-order valence-electron chi connectivity index (χ1n) is 6.62. The Balaban J connectivity index is 1.88. The molecule has 0 bridgehead atoms. The van der Waals surface area contributed by atoms with Crippen molar-refractivity contribution in [1.82, 2.24) is 10.1 Å². The predicted octanol–water partition coefficient (Wildman–Crippen LogP) is 2.98. The van der Waals surface area contributed by atoms with Gasteiger partial charge in [-0.15, -0.1) is 0 Å². The van der Waals surface area contributed by atoms with E-state index in [0.717, 1.165) is 12.1 Å². The molecule has 1 N–H and O–H groups in total. The van der Waals surface area contributed by atoms with Crippen LogP contribution in [0.25, 0.3) is 11.3 Å². The summed E-state index contributed by atoms with van der Waals surface area (Å²) >= 11 is 0. The number of nitrogens with one attached hydrogen (secondary N) is 1. The highest BCUT2D eigenvalue weighted by molar-refractivity contribution is 7.92. The highest BCUT2D eigenvalue weighted by Crippen LogP contribution is 2.24. The molecule has 23 heavy (non-hydrogen) atoms. The van der Waals surface area contributed by atoms with Gasteiger partial charge in [-0.05, 0) is 42.8 Å². The summed E-state index contributed by atoms with van der Waals surface area (Å²) in [6.45, 7) is 1.52. The standard InChI is InChI=1S/C15H12FN3O3S/c1-10-7-12(16)4-5-14(10)23(20,21)19-15-8-13(22-18-15)11-3-2-6-17-9-11/h2-9H,1H3,(H,18,19). The van der Waals surface area contributed by atoms with Crippen molar-refractivity contribution in [3.63, 3.8) is 0 Å². The first-order valence-corrected chi connectivity index (χ1v) is 8.10. The van der Waals surface area contributed by atoms with Gasteiger partial charge < -0.3 is 4.52 Å². The minimum absolute atomic E-state index is 0.0233. The van der Waals surface area contributed by atoms with E-state index < -0.39 is 15.8 Å². The molecule has 0 aliphatic rings. The van der Waals surface area contributed by atoms with Crippen LogP contribution in [0.4, 0.5) is 10.2 Å². The highest BCUT2D eigenvalue weighted by Gasteiger charge is 2.19. The van der Waals surface area contributed by atoms with E-state index in [9.17, 15) is 12.8 Å². The zero-order valence-corrected chi connectivity index (χ0v) is 12.8. The van der Waals surface area contributed by atoms with E-state index in [0.29, 0.717) is 16.9 Å². The fraction of sp³-hybridized carbons (Fsp3) is 0.0667. The first-order chi connectivity index (χ1) is 11.0. The van der Waals surface area contributed by atoms with Gasteiger partial charge in [0.1, 0.15) is 5.82 Å². The fourth-order valence-electron chi connectivity index (χ4n) is 2.07. The van der Waals surface area contributed by atoms with E-state index >= 15 is 0 Å². The smallest absolute Gasteiger partial charge is 0.263 e.